The van der Waals surface area contributed by atoms with E-state index in [1.165, 1.54) is 0 Å². The molecule has 1 heterocycles. The van der Waals surface area contributed by atoms with Gasteiger partial charge in [-0.3, -0.25) is 0 Å². The zero-order chi connectivity index (χ0) is 13.8. The Labute approximate surface area is 118 Å². The van der Waals surface area contributed by atoms with Crippen LogP contribution in [0.4, 0.5) is 0 Å². The van der Waals surface area contributed by atoms with Gasteiger partial charge >= 0.3 is 0 Å². The molecule has 0 aromatic heterocycles. The summed E-state index contributed by atoms with van der Waals surface area (Å²) in [6, 6.07) is 11.9. The third kappa shape index (κ3) is 3.21. The molecule has 1 aliphatic heterocycles. The first-order valence-corrected chi connectivity index (χ1v) is 6.84. The fourth-order valence-electron chi connectivity index (χ4n) is 1.99. The number of rotatable bonds is 7. The molecule has 2 aromatic carbocycles. The molecule has 0 aliphatic carbocycles. The maximum Gasteiger partial charge on any atom is 0.189 e. The smallest absolute Gasteiger partial charge is 0.189 e. The second-order valence-electron chi connectivity index (χ2n) is 4.66. The van der Waals surface area contributed by atoms with Gasteiger partial charge in [0.05, 0.1) is 6.61 Å². The van der Waals surface area contributed by atoms with Crippen molar-refractivity contribution in [2.75, 3.05) is 26.6 Å². The predicted molar refractivity (Wildman–Crippen MR) is 76.3 cm³/mol. The van der Waals surface area contributed by atoms with Gasteiger partial charge < -0.3 is 18.9 Å². The van der Waals surface area contributed by atoms with Gasteiger partial charge in [-0.05, 0) is 36.6 Å². The van der Waals surface area contributed by atoms with Crippen molar-refractivity contribution in [2.45, 2.75) is 13.0 Å². The Morgan fingerprint density at radius 2 is 2.10 bits per heavy atom. The van der Waals surface area contributed by atoms with Crippen molar-refractivity contribution in [1.82, 2.24) is 0 Å². The highest BCUT2D eigenvalue weighted by Gasteiger charge is 2.23. The van der Waals surface area contributed by atoms with Crippen LogP contribution in [0.25, 0.3) is 10.8 Å². The van der Waals surface area contributed by atoms with Crippen LogP contribution in [0.3, 0.4) is 0 Å². The highest BCUT2D eigenvalue weighted by atomic mass is 16.7. The number of ether oxygens (including phenoxy) is 4. The highest BCUT2D eigenvalue weighted by Crippen LogP contribution is 2.29. The third-order valence-electron chi connectivity index (χ3n) is 3.15. The molecule has 0 saturated carbocycles. The lowest BCUT2D eigenvalue weighted by molar-refractivity contribution is 0.0225. The third-order valence-corrected chi connectivity index (χ3v) is 3.15. The maximum absolute atomic E-state index is 5.79. The molecule has 0 spiro atoms. The lowest BCUT2D eigenvalue weighted by Gasteiger charge is -2.10. The Balaban J connectivity index is 1.75. The summed E-state index contributed by atoms with van der Waals surface area (Å²) in [5.41, 5.74) is 0. The predicted octanol–water partition coefficient (Wildman–Crippen LogP) is 2.99. The number of hydrogen-bond acceptors (Lipinski definition) is 4. The van der Waals surface area contributed by atoms with Gasteiger partial charge in [0.25, 0.3) is 0 Å². The van der Waals surface area contributed by atoms with E-state index < -0.39 is 0 Å². The summed E-state index contributed by atoms with van der Waals surface area (Å²) in [5.74, 6) is 1.68. The zero-order valence-electron chi connectivity index (χ0n) is 11.5. The molecule has 1 atom stereocenters. The van der Waals surface area contributed by atoms with Crippen molar-refractivity contribution in [1.29, 1.82) is 0 Å². The number of benzene rings is 2. The second-order valence-corrected chi connectivity index (χ2v) is 4.66. The Morgan fingerprint density at radius 3 is 2.90 bits per heavy atom. The van der Waals surface area contributed by atoms with Gasteiger partial charge in [0.2, 0.25) is 0 Å². The maximum atomic E-state index is 5.79. The standard InChI is InChI=1S/C16H18O4/c1-2-17-11-20-13-6-7-15-12(8-13)4-3-5-16(15)19-10-14-9-18-14/h3-8,14H,2,9-11H2,1H3. The minimum atomic E-state index is 0.263. The van der Waals surface area contributed by atoms with E-state index in [9.17, 15) is 0 Å². The van der Waals surface area contributed by atoms with Gasteiger partial charge in [-0.15, -0.1) is 0 Å². The van der Waals surface area contributed by atoms with Gasteiger partial charge in [-0.1, -0.05) is 12.1 Å². The molecule has 0 amide bonds. The minimum absolute atomic E-state index is 0.263. The first-order valence-electron chi connectivity index (χ1n) is 6.84. The second kappa shape index (κ2) is 6.11. The largest absolute Gasteiger partial charge is 0.490 e. The Bertz CT molecular complexity index is 578. The van der Waals surface area contributed by atoms with Gasteiger partial charge in [0.1, 0.15) is 24.2 Å². The molecule has 106 valence electrons. The normalized spacial score (nSPS) is 17.1. The molecule has 1 fully saturated rings. The topological polar surface area (TPSA) is 40.2 Å². The van der Waals surface area contributed by atoms with E-state index in [0.717, 1.165) is 28.9 Å². The zero-order valence-corrected chi connectivity index (χ0v) is 11.5. The van der Waals surface area contributed by atoms with Crippen molar-refractivity contribution < 1.29 is 18.9 Å². The molecular formula is C16H18O4. The van der Waals surface area contributed by atoms with Gasteiger partial charge in [-0.25, -0.2) is 0 Å². The molecule has 1 aliphatic rings. The van der Waals surface area contributed by atoms with Crippen molar-refractivity contribution in [2.24, 2.45) is 0 Å². The Morgan fingerprint density at radius 1 is 1.20 bits per heavy atom. The first kappa shape index (κ1) is 13.2. The van der Waals surface area contributed by atoms with Crippen LogP contribution in [0, 0.1) is 0 Å². The molecule has 3 rings (SSSR count). The molecule has 0 bridgehead atoms. The summed E-state index contributed by atoms with van der Waals surface area (Å²) >= 11 is 0. The Kier molecular flexibility index (Phi) is 4.04. The van der Waals surface area contributed by atoms with E-state index >= 15 is 0 Å². The van der Waals surface area contributed by atoms with Gasteiger partial charge in [0.15, 0.2) is 6.79 Å². The molecular weight excluding hydrogens is 256 g/mol. The molecule has 1 unspecified atom stereocenters. The molecule has 0 N–H and O–H groups in total. The monoisotopic (exact) mass is 274 g/mol. The summed E-state index contributed by atoms with van der Waals surface area (Å²) in [6.45, 7) is 4.28. The summed E-state index contributed by atoms with van der Waals surface area (Å²) in [4.78, 5) is 0. The molecule has 20 heavy (non-hydrogen) atoms. The fourth-order valence-corrected chi connectivity index (χ4v) is 1.99. The fraction of sp³-hybridized carbons (Fsp3) is 0.375. The van der Waals surface area contributed by atoms with Crippen molar-refractivity contribution in [3.8, 4) is 11.5 Å². The SMILES string of the molecule is CCOCOc1ccc2c(OCC3CO3)cccc2c1. The van der Waals surface area contributed by atoms with Crippen molar-refractivity contribution in [3.05, 3.63) is 36.4 Å². The van der Waals surface area contributed by atoms with E-state index in [0.29, 0.717) is 13.2 Å². The summed E-state index contributed by atoms with van der Waals surface area (Å²) in [7, 11) is 0. The van der Waals surface area contributed by atoms with E-state index in [1.807, 2.05) is 43.3 Å². The number of hydrogen-bond donors (Lipinski definition) is 0. The van der Waals surface area contributed by atoms with Crippen molar-refractivity contribution in [3.63, 3.8) is 0 Å². The molecule has 4 nitrogen and oxygen atoms in total. The molecule has 2 aromatic rings. The molecule has 0 radical (unpaired) electrons. The Hall–Kier alpha value is -1.78. The van der Waals surface area contributed by atoms with Crippen LogP contribution in [0.2, 0.25) is 0 Å². The first-order chi connectivity index (χ1) is 9.86. The van der Waals surface area contributed by atoms with Crippen LogP contribution in [0.15, 0.2) is 36.4 Å². The van der Waals surface area contributed by atoms with Gasteiger partial charge in [0, 0.05) is 12.0 Å². The number of fused-ring (bicyclic) bond motifs is 1. The van der Waals surface area contributed by atoms with E-state index in [4.69, 9.17) is 18.9 Å². The van der Waals surface area contributed by atoms with Crippen LogP contribution in [0.1, 0.15) is 6.92 Å². The summed E-state index contributed by atoms with van der Waals surface area (Å²) in [5, 5.41) is 2.17. The lowest BCUT2D eigenvalue weighted by atomic mass is 10.1. The number of epoxide rings is 1. The van der Waals surface area contributed by atoms with Crippen LogP contribution in [-0.4, -0.2) is 32.7 Å². The van der Waals surface area contributed by atoms with E-state index in [2.05, 4.69) is 0 Å². The summed E-state index contributed by atoms with van der Waals surface area (Å²) < 4.78 is 21.7. The highest BCUT2D eigenvalue weighted by molar-refractivity contribution is 5.89. The summed E-state index contributed by atoms with van der Waals surface area (Å²) in [6.07, 6.45) is 0.263. The van der Waals surface area contributed by atoms with E-state index in [-0.39, 0.29) is 12.9 Å². The van der Waals surface area contributed by atoms with Gasteiger partial charge in [-0.2, -0.15) is 0 Å². The van der Waals surface area contributed by atoms with Crippen LogP contribution in [0.5, 0.6) is 11.5 Å². The minimum Gasteiger partial charge on any atom is -0.490 e. The van der Waals surface area contributed by atoms with E-state index in [1.54, 1.807) is 0 Å². The lowest BCUT2D eigenvalue weighted by Crippen LogP contribution is -2.04. The molecule has 4 heteroatoms. The average molecular weight is 274 g/mol. The van der Waals surface area contributed by atoms with Crippen LogP contribution >= 0.6 is 0 Å². The van der Waals surface area contributed by atoms with Crippen molar-refractivity contribution >= 4 is 10.8 Å². The molecule has 1 saturated heterocycles. The van der Waals surface area contributed by atoms with Crippen LogP contribution in [-0.2, 0) is 9.47 Å². The quantitative estimate of drug-likeness (QED) is 0.442. The average Bonchev–Trinajstić information content (AvgIpc) is 3.29. The van der Waals surface area contributed by atoms with Crippen LogP contribution < -0.4 is 9.47 Å².